The number of halogens is 12. The molecule has 0 bridgehead atoms. The van der Waals surface area contributed by atoms with E-state index in [4.69, 9.17) is 34.9 Å². The third-order valence-electron chi connectivity index (χ3n) is 15.2. The second-order valence-electron chi connectivity index (χ2n) is 25.5. The number of rotatable bonds is 17. The van der Waals surface area contributed by atoms with Crippen LogP contribution in [0.3, 0.4) is 0 Å². The third kappa shape index (κ3) is 51.8. The van der Waals surface area contributed by atoms with Crippen LogP contribution in [0.4, 0.5) is 26.3 Å². The molecule has 2 aromatic carbocycles. The fraction of sp³-hybridized carbons (Fsp3) is 0.463. The minimum atomic E-state index is -4.76. The van der Waals surface area contributed by atoms with Crippen molar-refractivity contribution in [1.82, 2.24) is 48.9 Å². The molecule has 36 heteroatoms. The van der Waals surface area contributed by atoms with Crippen LogP contribution in [0.25, 0.3) is 39.1 Å². The minimum absolute atomic E-state index is 0. The van der Waals surface area contributed by atoms with E-state index >= 15 is 0 Å². The van der Waals surface area contributed by atoms with Gasteiger partial charge in [-0.2, -0.15) is 15.3 Å². The first-order valence-corrected chi connectivity index (χ1v) is 43.5. The topological polar surface area (TPSA) is 279 Å². The molecule has 0 saturated carbocycles. The van der Waals surface area contributed by atoms with Gasteiger partial charge in [-0.1, -0.05) is 209 Å². The highest BCUT2D eigenvalue weighted by atomic mass is 127. The maximum absolute atomic E-state index is 12.4. The number of aromatic amines is 1. The third-order valence-corrected chi connectivity index (χ3v) is 20.5. The Morgan fingerprint density at radius 2 is 0.924 bits per heavy atom. The number of nitrogens with one attached hydrogen (secondary N) is 1. The second-order valence-corrected chi connectivity index (χ2v) is 37.0. The summed E-state index contributed by atoms with van der Waals surface area (Å²) in [5, 5.41) is 38.6. The van der Waals surface area contributed by atoms with Crippen LogP contribution in [0, 0.1) is 48.5 Å². The number of alkyl halides is 11. The molecule has 0 saturated heterocycles. The van der Waals surface area contributed by atoms with Gasteiger partial charge >= 0.3 is 27.5 Å². The van der Waals surface area contributed by atoms with Crippen LogP contribution in [0.1, 0.15) is 162 Å². The molecule has 5 unspecified atom stereocenters. The van der Waals surface area contributed by atoms with Gasteiger partial charge in [0, 0.05) is 160 Å². The molecule has 5 atom stereocenters. The molecule has 0 aliphatic carbocycles. The number of allylic oxidation sites excluding steroid dienone is 2. The average Bonchev–Trinajstić information content (AvgIpc) is 1.43. The van der Waals surface area contributed by atoms with E-state index in [1.807, 2.05) is 105 Å². The van der Waals surface area contributed by atoms with E-state index in [1.165, 1.54) is 73.2 Å². The standard InChI is InChI=1S/C18H16F3N3O2.C12H15N3O.C11H13N3O.C7H6BF3O3.C7H9BNO3.C5H9BrN2.5C4H9I.2CH4/c1-11-8-17(25)24(10-15(11)16-9-23(3)22-12(16)2)13-4-6-14(7-5-13)26-18(19,20)21;1-8-5-12(16-4)13-6-10(8)11-7-15(3)14-9(11)2;1-7-4-11(15)12-5-9(7)10-6-14(3)13-8(10)2;9-7(10,11)14-6-3-1-5(2-4-6)8(12)13;1-5-3-7(11-2)9-4-6(5)12-8-10;1-4(7)5(6)3-8-2;5*1-3-4(2)5;;/h4-10H,1-3H3;5-7H,1-4H3;4-6H,1-3H3,(H,12,15);1-4,12-13H;3-4,10H,1-2H3;3H,7H2,1-2H3;5*4H,3H2,1-2H3;2*1H4. The van der Waals surface area contributed by atoms with Gasteiger partial charge in [0.15, 0.2) is 0 Å². The van der Waals surface area contributed by atoms with E-state index in [2.05, 4.69) is 243 Å². The van der Waals surface area contributed by atoms with Crippen molar-refractivity contribution in [1.29, 1.82) is 0 Å². The number of aryl methyl sites for hydroxylation is 10. The van der Waals surface area contributed by atoms with E-state index in [0.717, 1.165) is 127 Å². The summed E-state index contributed by atoms with van der Waals surface area (Å²) < 4.78 is 106. The zero-order valence-corrected chi connectivity index (χ0v) is 82.8. The molecule has 0 spiro atoms. The number of benzene rings is 2. The summed E-state index contributed by atoms with van der Waals surface area (Å²) in [7, 11) is 9.40. The van der Waals surface area contributed by atoms with E-state index in [9.17, 15) is 35.9 Å². The van der Waals surface area contributed by atoms with Crippen LogP contribution >= 0.6 is 129 Å². The summed E-state index contributed by atoms with van der Waals surface area (Å²) >= 11 is 15.2. The minimum Gasteiger partial charge on any atom is -0.536 e. The molecule has 0 aliphatic heterocycles. The number of methoxy groups -OCH3 is 2. The van der Waals surface area contributed by atoms with Crippen molar-refractivity contribution < 1.29 is 65.0 Å². The van der Waals surface area contributed by atoms with Crippen molar-refractivity contribution in [3.8, 4) is 68.1 Å². The van der Waals surface area contributed by atoms with Gasteiger partial charge in [0.05, 0.1) is 42.0 Å². The molecule has 0 amide bonds. The first kappa shape index (κ1) is 119. The maximum Gasteiger partial charge on any atom is 0.573 e. The quantitative estimate of drug-likeness (QED) is 0.0186. The van der Waals surface area contributed by atoms with Crippen molar-refractivity contribution in [3.05, 3.63) is 186 Å². The summed E-state index contributed by atoms with van der Waals surface area (Å²) in [5.74, 6) is 0.936. The molecule has 6 N–H and O–H groups in total. The molecule has 118 heavy (non-hydrogen) atoms. The van der Waals surface area contributed by atoms with Crippen LogP contribution < -0.4 is 45.9 Å². The van der Waals surface area contributed by atoms with Crippen molar-refractivity contribution >= 4 is 155 Å². The predicted molar refractivity (Wildman–Crippen MR) is 521 cm³/mol. The number of H-pyrrole nitrogens is 1. The van der Waals surface area contributed by atoms with Crippen LogP contribution in [-0.2, 0) is 21.1 Å². The van der Waals surface area contributed by atoms with Gasteiger partial charge in [-0.05, 0) is 168 Å². The number of hydrogen-bond donors (Lipinski definition) is 5. The van der Waals surface area contributed by atoms with Crippen molar-refractivity contribution in [2.45, 2.75) is 204 Å². The highest BCUT2D eigenvalue weighted by Crippen LogP contribution is 2.30. The van der Waals surface area contributed by atoms with Gasteiger partial charge < -0.3 is 49.4 Å². The molecule has 9 aromatic rings. The largest absolute Gasteiger partial charge is 0.573 e. The second kappa shape index (κ2) is 63.2. The molecule has 1 radical (unpaired) electrons. The Balaban J connectivity index is -0.000000635. The monoisotopic (exact) mass is 2280 g/mol. The van der Waals surface area contributed by atoms with Crippen LogP contribution in [0.5, 0.6) is 29.0 Å². The zero-order valence-electron chi connectivity index (χ0n) is 70.4. The Kier molecular flexibility index (Phi) is 63.5. The lowest BCUT2D eigenvalue weighted by Crippen LogP contribution is -2.29. The summed E-state index contributed by atoms with van der Waals surface area (Å²) in [6.07, 6.45) is 11.2. The lowest BCUT2D eigenvalue weighted by molar-refractivity contribution is -0.275. The fourth-order valence-corrected chi connectivity index (χ4v) is 8.37. The SMILES string of the molecule is C.C.CCC(C)I.CCC(C)I.CCC(C)I.CCC(C)I.CCC(C)I.CN=CC(Br)=C(C)N.COc1cc(C)c(-c2cn(C)nc2C)cn1.COc1cc(C)c(O[B]O)cn1.Cc1cc(=O)[nH]cc1-c1cn(C)nc1C.Cc1cc(=O)n(-c2ccc(OC(F)(F)F)cc2)cc1-c1cn(C)nc1C.OB(O)c1ccc(OC(F)(F)F)cc1. The van der Waals surface area contributed by atoms with Gasteiger partial charge in [0.2, 0.25) is 17.3 Å². The average molecular weight is 2280 g/mol. The molecule has 0 aliphatic rings. The molecular formula is C82H121B2BrF6I5N12O10. The van der Waals surface area contributed by atoms with E-state index < -0.39 is 25.6 Å². The van der Waals surface area contributed by atoms with E-state index in [0.29, 0.717) is 30.9 Å². The van der Waals surface area contributed by atoms with Crippen molar-refractivity contribution in [3.63, 3.8) is 0 Å². The molecule has 22 nitrogen and oxygen atoms in total. The normalized spacial score (nSPS) is 11.8. The Bertz CT molecular complexity index is 4380. The Labute approximate surface area is 773 Å². The number of aromatic nitrogens is 10. The molecule has 0 fully saturated rings. The molecule has 7 heterocycles. The van der Waals surface area contributed by atoms with Gasteiger partial charge in [0.1, 0.15) is 17.2 Å². The van der Waals surface area contributed by atoms with Crippen LogP contribution in [0.2, 0.25) is 0 Å². The fourth-order valence-electron chi connectivity index (χ4n) is 8.16. The Morgan fingerprint density at radius 1 is 0.576 bits per heavy atom. The lowest BCUT2D eigenvalue weighted by atomic mass is 9.80. The van der Waals surface area contributed by atoms with E-state index in [1.54, 1.807) is 68.4 Å². The molecule has 9 rings (SSSR count). The molecule has 7 aromatic heterocycles. The van der Waals surface area contributed by atoms with Crippen molar-refractivity contribution in [2.24, 2.45) is 31.9 Å². The molecule has 659 valence electrons. The number of pyridine rings is 4. The highest BCUT2D eigenvalue weighted by Gasteiger charge is 2.32. The van der Waals surface area contributed by atoms with Gasteiger partial charge in [-0.3, -0.25) is 33.2 Å². The number of nitrogens with two attached hydrogens (primary N) is 1. The number of nitrogens with zero attached hydrogens (tertiary/aromatic N) is 10. The Hall–Kier alpha value is -5.80. The van der Waals surface area contributed by atoms with Crippen LogP contribution in [-0.4, -0.2) is 139 Å². The molecular weight excluding hydrogens is 2160 g/mol. The van der Waals surface area contributed by atoms with Crippen LogP contribution in [0.15, 0.2) is 141 Å². The maximum atomic E-state index is 12.4. The van der Waals surface area contributed by atoms with E-state index in [-0.39, 0.29) is 37.2 Å². The van der Waals surface area contributed by atoms with Gasteiger partial charge in [0.25, 0.3) is 5.56 Å². The first-order chi connectivity index (χ1) is 54.0. The first-order valence-electron chi connectivity index (χ1n) is 36.4. The lowest BCUT2D eigenvalue weighted by Gasteiger charge is -2.12. The summed E-state index contributed by atoms with van der Waals surface area (Å²) in [6.45, 7) is 37.3. The number of ether oxygens (including phenoxy) is 4. The summed E-state index contributed by atoms with van der Waals surface area (Å²) in [6, 6.07) is 16.1. The zero-order chi connectivity index (χ0) is 89.5. The van der Waals surface area contributed by atoms with Gasteiger partial charge in [-0.15, -0.1) is 26.3 Å². The van der Waals surface area contributed by atoms with Crippen molar-refractivity contribution in [2.75, 3.05) is 21.3 Å². The highest BCUT2D eigenvalue weighted by molar-refractivity contribution is 14.1. The summed E-state index contributed by atoms with van der Waals surface area (Å²) in [5.41, 5.74) is 18.9. The predicted octanol–water partition coefficient (Wildman–Crippen LogP) is 21.5. The smallest absolute Gasteiger partial charge is 0.536 e. The number of aliphatic imine (C=N–C) groups is 1. The Morgan fingerprint density at radius 3 is 1.22 bits per heavy atom. The summed E-state index contributed by atoms with van der Waals surface area (Å²) in [4.78, 5) is 38.0. The van der Waals surface area contributed by atoms with Gasteiger partial charge in [-0.25, -0.2) is 9.97 Å². The number of hydrogen-bond acceptors (Lipinski definition) is 17.